The van der Waals surface area contributed by atoms with Crippen LogP contribution < -0.4 is 10.6 Å². The summed E-state index contributed by atoms with van der Waals surface area (Å²) in [6.07, 6.45) is 8.73. The Kier molecular flexibility index (Phi) is 6.54. The quantitative estimate of drug-likeness (QED) is 0.885. The summed E-state index contributed by atoms with van der Waals surface area (Å²) in [6, 6.07) is 2.95. The Hall–Kier alpha value is -1.000. The Bertz CT molecular complexity index is 529. The molecule has 1 atom stereocenters. The molecule has 1 aromatic heterocycles. The molecule has 3 rings (SSSR count). The largest absolute Gasteiger partial charge is 0.348 e. The van der Waals surface area contributed by atoms with Crippen molar-refractivity contribution < 1.29 is 4.79 Å². The molecule has 1 saturated heterocycles. The zero-order valence-electron chi connectivity index (χ0n) is 14.4. The van der Waals surface area contributed by atoms with Crippen LogP contribution in [-0.2, 0) is 0 Å². The van der Waals surface area contributed by atoms with Gasteiger partial charge in [0.05, 0.1) is 5.56 Å². The Morgan fingerprint density at radius 2 is 1.91 bits per heavy atom. The molecule has 2 N–H and O–H groups in total. The van der Waals surface area contributed by atoms with Gasteiger partial charge in [-0.3, -0.25) is 4.79 Å². The highest BCUT2D eigenvalue weighted by molar-refractivity contribution is 5.96. The number of nitrogens with one attached hydrogen (secondary N) is 2. The van der Waals surface area contributed by atoms with E-state index < -0.39 is 0 Å². The van der Waals surface area contributed by atoms with Crippen LogP contribution in [0.25, 0.3) is 0 Å². The molecule has 1 unspecified atom stereocenters. The number of rotatable bonds is 3. The molecule has 2 fully saturated rings. The van der Waals surface area contributed by atoms with Crippen LogP contribution in [-0.4, -0.2) is 29.6 Å². The second kappa shape index (κ2) is 8.20. The zero-order valence-corrected chi connectivity index (χ0v) is 15.2. The first kappa shape index (κ1) is 18.3. The molecule has 2 aliphatic rings. The highest BCUT2D eigenvalue weighted by Gasteiger charge is 2.24. The van der Waals surface area contributed by atoms with Crippen LogP contribution in [0, 0.1) is 13.8 Å². The average Bonchev–Trinajstić information content (AvgIpc) is 2.84. The summed E-state index contributed by atoms with van der Waals surface area (Å²) in [7, 11) is 0. The van der Waals surface area contributed by atoms with Crippen molar-refractivity contribution >= 4 is 18.3 Å². The normalized spacial score (nSPS) is 22.4. The number of aryl methyl sites for hydroxylation is 1. The van der Waals surface area contributed by atoms with E-state index in [1.54, 1.807) is 0 Å². The number of carbonyl (C=O) groups is 1. The van der Waals surface area contributed by atoms with Crippen molar-refractivity contribution in [3.63, 3.8) is 0 Å². The van der Waals surface area contributed by atoms with E-state index in [0.717, 1.165) is 37.2 Å². The van der Waals surface area contributed by atoms with E-state index in [0.29, 0.717) is 6.04 Å². The van der Waals surface area contributed by atoms with Crippen molar-refractivity contribution in [2.24, 2.45) is 0 Å². The summed E-state index contributed by atoms with van der Waals surface area (Å²) in [4.78, 5) is 12.6. The molecule has 0 radical (unpaired) electrons. The second-order valence-corrected chi connectivity index (χ2v) is 6.96. The standard InChI is InChI=1S/C18H29N3O.ClH/c1-13-11-17(18(22)20-15-7-6-10-19-12-15)14(2)21(13)16-8-4-3-5-9-16;/h11,15-16,19H,3-10,12H2,1-2H3,(H,20,22);1H. The summed E-state index contributed by atoms with van der Waals surface area (Å²) < 4.78 is 2.41. The maximum atomic E-state index is 12.6. The van der Waals surface area contributed by atoms with Crippen LogP contribution >= 0.6 is 12.4 Å². The maximum absolute atomic E-state index is 12.6. The van der Waals surface area contributed by atoms with Gasteiger partial charge in [-0.2, -0.15) is 0 Å². The highest BCUT2D eigenvalue weighted by Crippen LogP contribution is 2.32. The SMILES string of the molecule is Cc1cc(C(=O)NC2CCCNC2)c(C)n1C1CCCCC1.Cl. The first-order valence-corrected chi connectivity index (χ1v) is 8.87. The van der Waals surface area contributed by atoms with Crippen molar-refractivity contribution in [2.75, 3.05) is 13.1 Å². The molecule has 0 spiro atoms. The zero-order chi connectivity index (χ0) is 15.5. The lowest BCUT2D eigenvalue weighted by Crippen LogP contribution is -2.45. The molecule has 130 valence electrons. The average molecular weight is 340 g/mol. The minimum atomic E-state index is 0. The predicted octanol–water partition coefficient (Wildman–Crippen LogP) is 3.51. The summed E-state index contributed by atoms with van der Waals surface area (Å²) in [6.45, 7) is 6.21. The molecule has 23 heavy (non-hydrogen) atoms. The van der Waals surface area contributed by atoms with Crippen molar-refractivity contribution in [2.45, 2.75) is 70.9 Å². The number of hydrogen-bond donors (Lipinski definition) is 2. The fraction of sp³-hybridized carbons (Fsp3) is 0.722. The number of nitrogens with zero attached hydrogens (tertiary/aromatic N) is 1. The third-order valence-electron chi connectivity index (χ3n) is 5.30. The first-order valence-electron chi connectivity index (χ1n) is 8.87. The van der Waals surface area contributed by atoms with Gasteiger partial charge in [0, 0.05) is 30.0 Å². The molecule has 1 aliphatic heterocycles. The number of hydrogen-bond acceptors (Lipinski definition) is 2. The molecule has 5 heteroatoms. The predicted molar refractivity (Wildman–Crippen MR) is 96.6 cm³/mol. The molecule has 0 bridgehead atoms. The van der Waals surface area contributed by atoms with Gasteiger partial charge in [-0.25, -0.2) is 0 Å². The molecule has 0 aromatic carbocycles. The van der Waals surface area contributed by atoms with Crippen molar-refractivity contribution in [1.82, 2.24) is 15.2 Å². The lowest BCUT2D eigenvalue weighted by atomic mass is 9.95. The molecule has 1 amide bonds. The fourth-order valence-electron chi connectivity index (χ4n) is 4.15. The van der Waals surface area contributed by atoms with Crippen LogP contribution in [0.15, 0.2) is 6.07 Å². The monoisotopic (exact) mass is 339 g/mol. The molecule has 1 saturated carbocycles. The van der Waals surface area contributed by atoms with Crippen LogP contribution in [0.4, 0.5) is 0 Å². The van der Waals surface area contributed by atoms with E-state index in [1.807, 2.05) is 0 Å². The van der Waals surface area contributed by atoms with Crippen LogP contribution in [0.5, 0.6) is 0 Å². The third-order valence-corrected chi connectivity index (χ3v) is 5.30. The minimum absolute atomic E-state index is 0. The molecule has 4 nitrogen and oxygen atoms in total. The summed E-state index contributed by atoms with van der Waals surface area (Å²) in [5.41, 5.74) is 3.25. The number of carbonyl (C=O) groups excluding carboxylic acids is 1. The van der Waals surface area contributed by atoms with Gasteiger partial charge in [-0.05, 0) is 52.1 Å². The number of aromatic nitrogens is 1. The molecular formula is C18H30ClN3O. The van der Waals surface area contributed by atoms with E-state index in [-0.39, 0.29) is 24.4 Å². The lowest BCUT2D eigenvalue weighted by molar-refractivity contribution is 0.0930. The van der Waals surface area contributed by atoms with Crippen LogP contribution in [0.2, 0.25) is 0 Å². The number of amides is 1. The van der Waals surface area contributed by atoms with Crippen LogP contribution in [0.3, 0.4) is 0 Å². The number of halogens is 1. The van der Waals surface area contributed by atoms with Gasteiger partial charge in [-0.1, -0.05) is 19.3 Å². The van der Waals surface area contributed by atoms with Gasteiger partial charge >= 0.3 is 0 Å². The molecule has 1 aromatic rings. The van der Waals surface area contributed by atoms with E-state index >= 15 is 0 Å². The Labute approximate surface area is 145 Å². The summed E-state index contributed by atoms with van der Waals surface area (Å²) in [5, 5.41) is 6.56. The summed E-state index contributed by atoms with van der Waals surface area (Å²) in [5.74, 6) is 0.101. The van der Waals surface area contributed by atoms with Crippen molar-refractivity contribution in [1.29, 1.82) is 0 Å². The molecule has 1 aliphatic carbocycles. The minimum Gasteiger partial charge on any atom is -0.348 e. The topological polar surface area (TPSA) is 46.1 Å². The van der Waals surface area contributed by atoms with Gasteiger partial charge in [0.25, 0.3) is 5.91 Å². The van der Waals surface area contributed by atoms with E-state index in [1.165, 1.54) is 37.8 Å². The van der Waals surface area contributed by atoms with Gasteiger partial charge in [0.15, 0.2) is 0 Å². The second-order valence-electron chi connectivity index (χ2n) is 6.96. The molecular weight excluding hydrogens is 310 g/mol. The number of piperidine rings is 1. The maximum Gasteiger partial charge on any atom is 0.253 e. The summed E-state index contributed by atoms with van der Waals surface area (Å²) >= 11 is 0. The Morgan fingerprint density at radius 1 is 1.17 bits per heavy atom. The van der Waals surface area contributed by atoms with Gasteiger partial charge in [0.1, 0.15) is 0 Å². The lowest BCUT2D eigenvalue weighted by Gasteiger charge is -2.26. The molecule has 2 heterocycles. The third kappa shape index (κ3) is 4.10. The fourth-order valence-corrected chi connectivity index (χ4v) is 4.15. The van der Waals surface area contributed by atoms with E-state index in [9.17, 15) is 4.79 Å². The van der Waals surface area contributed by atoms with Gasteiger partial charge in [0.2, 0.25) is 0 Å². The van der Waals surface area contributed by atoms with Crippen molar-refractivity contribution in [3.8, 4) is 0 Å². The highest BCUT2D eigenvalue weighted by atomic mass is 35.5. The van der Waals surface area contributed by atoms with Gasteiger partial charge < -0.3 is 15.2 Å². The Morgan fingerprint density at radius 3 is 2.57 bits per heavy atom. The first-order chi connectivity index (χ1) is 10.7. The smallest absolute Gasteiger partial charge is 0.253 e. The van der Waals surface area contributed by atoms with Gasteiger partial charge in [-0.15, -0.1) is 12.4 Å². The van der Waals surface area contributed by atoms with Crippen molar-refractivity contribution in [3.05, 3.63) is 23.0 Å². The van der Waals surface area contributed by atoms with E-state index in [4.69, 9.17) is 0 Å². The Balaban J connectivity index is 0.00000192. The van der Waals surface area contributed by atoms with E-state index in [2.05, 4.69) is 35.1 Å². The van der Waals surface area contributed by atoms with Crippen LogP contribution in [0.1, 0.15) is 72.7 Å².